The van der Waals surface area contributed by atoms with Gasteiger partial charge in [-0.05, 0) is 37.6 Å². The minimum Gasteiger partial charge on any atom is -0.314 e. The van der Waals surface area contributed by atoms with E-state index in [1.165, 1.54) is 12.1 Å². The Morgan fingerprint density at radius 2 is 2.35 bits per heavy atom. The van der Waals surface area contributed by atoms with Crippen molar-refractivity contribution in [2.24, 2.45) is 5.92 Å². The van der Waals surface area contributed by atoms with Crippen LogP contribution in [0.1, 0.15) is 18.9 Å². The van der Waals surface area contributed by atoms with Crippen molar-refractivity contribution in [1.82, 2.24) is 5.32 Å². The molecule has 1 aliphatic heterocycles. The highest BCUT2D eigenvalue weighted by atomic mass is 79.9. The minimum absolute atomic E-state index is 0.0898. The Bertz CT molecular complexity index is 435. The van der Waals surface area contributed by atoms with E-state index in [9.17, 15) is 9.18 Å². The molecule has 1 heterocycles. The van der Waals surface area contributed by atoms with E-state index in [-0.39, 0.29) is 23.6 Å². The van der Waals surface area contributed by atoms with Crippen molar-refractivity contribution < 1.29 is 9.18 Å². The molecule has 1 fully saturated rings. The Labute approximate surface area is 109 Å². The Balaban J connectivity index is 2.07. The predicted molar refractivity (Wildman–Crippen MR) is 68.4 cm³/mol. The highest BCUT2D eigenvalue weighted by Gasteiger charge is 2.29. The normalized spacial score (nSPS) is 23.9. The molecule has 0 spiro atoms. The fourth-order valence-corrected chi connectivity index (χ4v) is 2.77. The lowest BCUT2D eigenvalue weighted by molar-refractivity contribution is -0.122. The lowest BCUT2D eigenvalue weighted by atomic mass is 9.92. The molecule has 2 unspecified atom stereocenters. The van der Waals surface area contributed by atoms with Gasteiger partial charge in [0.05, 0.1) is 0 Å². The number of carbonyl (C=O) groups excluding carboxylic acids is 1. The monoisotopic (exact) mass is 299 g/mol. The molecule has 4 heteroatoms. The number of nitrogens with one attached hydrogen (secondary N) is 1. The Morgan fingerprint density at radius 3 is 2.94 bits per heavy atom. The molecule has 1 saturated heterocycles. The number of Topliss-reactive ketones (excluding diaryl/α,β-unsaturated/α-hetero) is 1. The third-order valence-electron chi connectivity index (χ3n) is 3.32. The fraction of sp³-hybridized carbons (Fsp3) is 0.462. The summed E-state index contributed by atoms with van der Waals surface area (Å²) in [6.45, 7) is 2.94. The van der Waals surface area contributed by atoms with Crippen LogP contribution in [-0.2, 0) is 11.2 Å². The fourth-order valence-electron chi connectivity index (χ4n) is 2.28. The van der Waals surface area contributed by atoms with Crippen molar-refractivity contribution in [2.75, 3.05) is 6.54 Å². The van der Waals surface area contributed by atoms with Gasteiger partial charge in [0.15, 0.2) is 0 Å². The second-order valence-corrected chi connectivity index (χ2v) is 5.37. The van der Waals surface area contributed by atoms with Crippen LogP contribution in [-0.4, -0.2) is 18.4 Å². The smallest absolute Gasteiger partial charge is 0.141 e. The van der Waals surface area contributed by atoms with Gasteiger partial charge in [0.25, 0.3) is 0 Å². The van der Waals surface area contributed by atoms with Gasteiger partial charge >= 0.3 is 0 Å². The number of carbonyl (C=O) groups is 1. The van der Waals surface area contributed by atoms with Crippen LogP contribution < -0.4 is 5.32 Å². The quantitative estimate of drug-likeness (QED) is 0.930. The Morgan fingerprint density at radius 1 is 1.59 bits per heavy atom. The summed E-state index contributed by atoms with van der Waals surface area (Å²) < 4.78 is 13.6. The van der Waals surface area contributed by atoms with Crippen LogP contribution in [0.2, 0.25) is 0 Å². The number of halogens is 2. The zero-order valence-electron chi connectivity index (χ0n) is 9.67. The van der Waals surface area contributed by atoms with E-state index in [2.05, 4.69) is 21.2 Å². The van der Waals surface area contributed by atoms with E-state index in [1.54, 1.807) is 6.07 Å². The van der Waals surface area contributed by atoms with Crippen molar-refractivity contribution in [3.63, 3.8) is 0 Å². The van der Waals surface area contributed by atoms with Gasteiger partial charge in [-0.25, -0.2) is 4.39 Å². The molecule has 0 amide bonds. The molecule has 1 aromatic rings. The first kappa shape index (κ1) is 12.7. The molecule has 1 N–H and O–H groups in total. The van der Waals surface area contributed by atoms with Crippen LogP contribution >= 0.6 is 15.9 Å². The topological polar surface area (TPSA) is 29.1 Å². The summed E-state index contributed by atoms with van der Waals surface area (Å²) in [5, 5.41) is 3.27. The van der Waals surface area contributed by atoms with Crippen LogP contribution in [0.4, 0.5) is 4.39 Å². The largest absolute Gasteiger partial charge is 0.314 e. The van der Waals surface area contributed by atoms with E-state index in [1.807, 2.05) is 6.92 Å². The molecule has 17 heavy (non-hydrogen) atoms. The number of rotatable bonds is 3. The van der Waals surface area contributed by atoms with Crippen LogP contribution in [0.15, 0.2) is 22.7 Å². The first-order valence-electron chi connectivity index (χ1n) is 5.78. The summed E-state index contributed by atoms with van der Waals surface area (Å²) in [4.78, 5) is 12.1. The van der Waals surface area contributed by atoms with Gasteiger partial charge in [-0.1, -0.05) is 22.0 Å². The maximum absolute atomic E-state index is 12.9. The van der Waals surface area contributed by atoms with Gasteiger partial charge in [-0.15, -0.1) is 0 Å². The Hall–Kier alpha value is -0.740. The molecular formula is C13H15BrFNO. The van der Waals surface area contributed by atoms with E-state index >= 15 is 0 Å². The van der Waals surface area contributed by atoms with Crippen LogP contribution in [0, 0.1) is 11.7 Å². The lowest BCUT2D eigenvalue weighted by Crippen LogP contribution is -2.29. The number of hydrogen-bond donors (Lipinski definition) is 1. The molecular weight excluding hydrogens is 285 g/mol. The molecule has 0 saturated carbocycles. The molecule has 0 aromatic heterocycles. The lowest BCUT2D eigenvalue weighted by Gasteiger charge is -2.14. The van der Waals surface area contributed by atoms with Gasteiger partial charge in [0.1, 0.15) is 11.6 Å². The number of ketones is 1. The highest BCUT2D eigenvalue weighted by molar-refractivity contribution is 9.10. The van der Waals surface area contributed by atoms with Crippen molar-refractivity contribution >= 4 is 21.7 Å². The average molecular weight is 300 g/mol. The van der Waals surface area contributed by atoms with Gasteiger partial charge in [-0.3, -0.25) is 4.79 Å². The first-order chi connectivity index (χ1) is 8.08. The molecule has 2 nitrogen and oxygen atoms in total. The molecule has 0 aliphatic carbocycles. The first-order valence-corrected chi connectivity index (χ1v) is 6.57. The standard InChI is InChI=1S/C13H15BrFNO/c1-8-11(4-5-16-8)13(17)6-9-2-3-10(15)7-12(9)14/h2-3,7-8,11,16H,4-6H2,1H3. The van der Waals surface area contributed by atoms with Crippen molar-refractivity contribution in [3.8, 4) is 0 Å². The van der Waals surface area contributed by atoms with Crippen LogP contribution in [0.5, 0.6) is 0 Å². The summed E-state index contributed by atoms with van der Waals surface area (Å²) in [7, 11) is 0. The molecule has 2 atom stereocenters. The van der Waals surface area contributed by atoms with Gasteiger partial charge < -0.3 is 5.32 Å². The van der Waals surface area contributed by atoms with Gasteiger partial charge in [-0.2, -0.15) is 0 Å². The molecule has 0 bridgehead atoms. The van der Waals surface area contributed by atoms with E-state index in [4.69, 9.17) is 0 Å². The summed E-state index contributed by atoms with van der Waals surface area (Å²) >= 11 is 3.29. The zero-order valence-corrected chi connectivity index (χ0v) is 11.3. The average Bonchev–Trinajstić information content (AvgIpc) is 2.68. The van der Waals surface area contributed by atoms with E-state index in [0.29, 0.717) is 10.9 Å². The zero-order chi connectivity index (χ0) is 12.4. The maximum Gasteiger partial charge on any atom is 0.141 e. The van der Waals surface area contributed by atoms with Crippen LogP contribution in [0.25, 0.3) is 0 Å². The van der Waals surface area contributed by atoms with Crippen LogP contribution in [0.3, 0.4) is 0 Å². The Kier molecular flexibility index (Phi) is 3.94. The van der Waals surface area contributed by atoms with Crippen molar-refractivity contribution in [2.45, 2.75) is 25.8 Å². The van der Waals surface area contributed by atoms with E-state index in [0.717, 1.165) is 18.5 Å². The molecule has 1 aromatic carbocycles. The molecule has 2 rings (SSSR count). The van der Waals surface area contributed by atoms with Gasteiger partial charge in [0.2, 0.25) is 0 Å². The van der Waals surface area contributed by atoms with Crippen molar-refractivity contribution in [1.29, 1.82) is 0 Å². The second kappa shape index (κ2) is 5.27. The van der Waals surface area contributed by atoms with Gasteiger partial charge in [0, 0.05) is 22.9 Å². The minimum atomic E-state index is -0.288. The third-order valence-corrected chi connectivity index (χ3v) is 4.06. The number of benzene rings is 1. The van der Waals surface area contributed by atoms with E-state index < -0.39 is 0 Å². The number of hydrogen-bond acceptors (Lipinski definition) is 2. The summed E-state index contributed by atoms with van der Waals surface area (Å²) in [5.41, 5.74) is 0.857. The summed E-state index contributed by atoms with van der Waals surface area (Å²) in [6.07, 6.45) is 1.27. The molecule has 92 valence electrons. The third kappa shape index (κ3) is 2.93. The molecule has 0 radical (unpaired) electrons. The summed E-state index contributed by atoms with van der Waals surface area (Å²) in [6, 6.07) is 4.72. The second-order valence-electron chi connectivity index (χ2n) is 4.52. The SMILES string of the molecule is CC1NCCC1C(=O)Cc1ccc(F)cc1Br. The van der Waals surface area contributed by atoms with Crippen molar-refractivity contribution in [3.05, 3.63) is 34.1 Å². The molecule has 1 aliphatic rings. The highest BCUT2D eigenvalue weighted by Crippen LogP contribution is 2.23. The maximum atomic E-state index is 12.9. The predicted octanol–water partition coefficient (Wildman–Crippen LogP) is 2.70. The summed E-state index contributed by atoms with van der Waals surface area (Å²) in [5.74, 6) is 0.0331.